The Morgan fingerprint density at radius 2 is 2.00 bits per heavy atom. The summed E-state index contributed by atoms with van der Waals surface area (Å²) in [5.41, 5.74) is 5.57. The first-order chi connectivity index (χ1) is 9.90. The Labute approximate surface area is 119 Å². The zero-order valence-corrected chi connectivity index (χ0v) is 11.1. The number of amides is 1. The van der Waals surface area contributed by atoms with Crippen molar-refractivity contribution in [2.24, 2.45) is 0 Å². The SMILES string of the molecule is CN(C(=O)c1ccc(N)c([N+](=O)[O-])c1)c1cccc(F)c1. The molecule has 0 aliphatic rings. The van der Waals surface area contributed by atoms with Crippen molar-refractivity contribution in [1.82, 2.24) is 0 Å². The molecule has 0 aliphatic heterocycles. The Hall–Kier alpha value is -2.96. The summed E-state index contributed by atoms with van der Waals surface area (Å²) in [6, 6.07) is 9.28. The molecule has 0 atom stereocenters. The Morgan fingerprint density at radius 3 is 2.62 bits per heavy atom. The predicted molar refractivity (Wildman–Crippen MR) is 76.6 cm³/mol. The Balaban J connectivity index is 2.36. The van der Waals surface area contributed by atoms with Gasteiger partial charge in [0.25, 0.3) is 11.6 Å². The second-order valence-electron chi connectivity index (χ2n) is 4.37. The second kappa shape index (κ2) is 5.58. The molecule has 0 aromatic heterocycles. The minimum atomic E-state index is -0.658. The number of carbonyl (C=O) groups excluding carboxylic acids is 1. The third-order valence-electron chi connectivity index (χ3n) is 2.97. The van der Waals surface area contributed by atoms with Crippen molar-refractivity contribution in [2.75, 3.05) is 17.7 Å². The Kier molecular flexibility index (Phi) is 3.84. The van der Waals surface area contributed by atoms with Gasteiger partial charge in [0.15, 0.2) is 0 Å². The number of nitrogens with two attached hydrogens (primary N) is 1. The summed E-state index contributed by atoms with van der Waals surface area (Å²) >= 11 is 0. The minimum absolute atomic E-state index is 0.0232. The van der Waals surface area contributed by atoms with Crippen molar-refractivity contribution < 1.29 is 14.1 Å². The van der Waals surface area contributed by atoms with Crippen molar-refractivity contribution >= 4 is 23.0 Å². The fraction of sp³-hybridized carbons (Fsp3) is 0.0714. The molecule has 6 nitrogen and oxygen atoms in total. The van der Waals surface area contributed by atoms with Gasteiger partial charge >= 0.3 is 0 Å². The summed E-state index contributed by atoms with van der Waals surface area (Å²) in [4.78, 5) is 23.7. The number of halogens is 1. The van der Waals surface area contributed by atoms with Crippen LogP contribution in [0, 0.1) is 15.9 Å². The largest absolute Gasteiger partial charge is 0.393 e. The molecule has 0 spiro atoms. The molecular formula is C14H12FN3O3. The monoisotopic (exact) mass is 289 g/mol. The lowest BCUT2D eigenvalue weighted by Crippen LogP contribution is -2.26. The number of nitro groups is 1. The van der Waals surface area contributed by atoms with Crippen LogP contribution in [0.15, 0.2) is 42.5 Å². The van der Waals surface area contributed by atoms with Crippen LogP contribution in [0.1, 0.15) is 10.4 Å². The average Bonchev–Trinajstić information content (AvgIpc) is 2.46. The van der Waals surface area contributed by atoms with Crippen molar-refractivity contribution in [2.45, 2.75) is 0 Å². The van der Waals surface area contributed by atoms with Crippen LogP contribution in [0.5, 0.6) is 0 Å². The molecule has 2 N–H and O–H groups in total. The molecule has 7 heteroatoms. The van der Waals surface area contributed by atoms with E-state index in [0.717, 1.165) is 6.07 Å². The van der Waals surface area contributed by atoms with E-state index >= 15 is 0 Å². The Bertz CT molecular complexity index is 718. The van der Waals surface area contributed by atoms with Crippen LogP contribution in [0.25, 0.3) is 0 Å². The fourth-order valence-corrected chi connectivity index (χ4v) is 1.83. The van der Waals surface area contributed by atoms with Gasteiger partial charge in [-0.25, -0.2) is 4.39 Å². The van der Waals surface area contributed by atoms with Gasteiger partial charge in [0.05, 0.1) is 4.92 Å². The summed E-state index contributed by atoms with van der Waals surface area (Å²) < 4.78 is 13.2. The van der Waals surface area contributed by atoms with Gasteiger partial charge in [-0.3, -0.25) is 14.9 Å². The van der Waals surface area contributed by atoms with Gasteiger partial charge in [-0.2, -0.15) is 0 Å². The molecular weight excluding hydrogens is 277 g/mol. The highest BCUT2D eigenvalue weighted by molar-refractivity contribution is 6.06. The maximum atomic E-state index is 13.2. The van der Waals surface area contributed by atoms with Crippen LogP contribution in [-0.2, 0) is 0 Å². The minimum Gasteiger partial charge on any atom is -0.393 e. The van der Waals surface area contributed by atoms with E-state index in [4.69, 9.17) is 5.73 Å². The molecule has 0 saturated carbocycles. The van der Waals surface area contributed by atoms with E-state index in [1.807, 2.05) is 0 Å². The first-order valence-electron chi connectivity index (χ1n) is 5.97. The van der Waals surface area contributed by atoms with E-state index in [9.17, 15) is 19.3 Å². The topological polar surface area (TPSA) is 89.5 Å². The van der Waals surface area contributed by atoms with E-state index in [1.165, 1.54) is 42.3 Å². The van der Waals surface area contributed by atoms with Gasteiger partial charge in [0.1, 0.15) is 11.5 Å². The zero-order chi connectivity index (χ0) is 15.6. The third kappa shape index (κ3) is 2.97. The van der Waals surface area contributed by atoms with E-state index in [0.29, 0.717) is 5.69 Å². The maximum absolute atomic E-state index is 13.2. The first kappa shape index (κ1) is 14.4. The van der Waals surface area contributed by atoms with Gasteiger partial charge in [0.2, 0.25) is 0 Å². The van der Waals surface area contributed by atoms with Crippen LogP contribution in [0.2, 0.25) is 0 Å². The molecule has 2 rings (SSSR count). The van der Waals surface area contributed by atoms with Gasteiger partial charge in [0, 0.05) is 24.4 Å². The van der Waals surface area contributed by atoms with Gasteiger partial charge in [-0.15, -0.1) is 0 Å². The molecule has 108 valence electrons. The molecule has 0 heterocycles. The number of anilines is 2. The maximum Gasteiger partial charge on any atom is 0.292 e. The van der Waals surface area contributed by atoms with Crippen LogP contribution in [0.4, 0.5) is 21.5 Å². The van der Waals surface area contributed by atoms with Crippen LogP contribution < -0.4 is 10.6 Å². The van der Waals surface area contributed by atoms with Crippen LogP contribution in [0.3, 0.4) is 0 Å². The van der Waals surface area contributed by atoms with E-state index < -0.39 is 16.6 Å². The molecule has 0 aliphatic carbocycles. The number of rotatable bonds is 3. The molecule has 0 radical (unpaired) electrons. The average molecular weight is 289 g/mol. The number of carbonyl (C=O) groups is 1. The highest BCUT2D eigenvalue weighted by atomic mass is 19.1. The summed E-state index contributed by atoms with van der Waals surface area (Å²) in [7, 11) is 1.46. The fourth-order valence-electron chi connectivity index (χ4n) is 1.83. The molecule has 0 bridgehead atoms. The van der Waals surface area contributed by atoms with Gasteiger partial charge in [-0.05, 0) is 30.3 Å². The van der Waals surface area contributed by atoms with Crippen LogP contribution >= 0.6 is 0 Å². The van der Waals surface area contributed by atoms with Crippen molar-refractivity contribution in [3.8, 4) is 0 Å². The number of benzene rings is 2. The molecule has 0 fully saturated rings. The summed E-state index contributed by atoms with van der Waals surface area (Å²) in [6.45, 7) is 0. The smallest absolute Gasteiger partial charge is 0.292 e. The highest BCUT2D eigenvalue weighted by Crippen LogP contribution is 2.24. The van der Waals surface area contributed by atoms with Gasteiger partial charge in [-0.1, -0.05) is 6.07 Å². The summed E-state index contributed by atoms with van der Waals surface area (Å²) in [6.07, 6.45) is 0. The predicted octanol–water partition coefficient (Wildman–Crippen LogP) is 2.59. The molecule has 21 heavy (non-hydrogen) atoms. The lowest BCUT2D eigenvalue weighted by molar-refractivity contribution is -0.383. The Morgan fingerprint density at radius 1 is 1.29 bits per heavy atom. The van der Waals surface area contributed by atoms with Crippen molar-refractivity contribution in [3.05, 3.63) is 64.0 Å². The number of nitrogens with zero attached hydrogens (tertiary/aromatic N) is 2. The van der Waals surface area contributed by atoms with Crippen LogP contribution in [-0.4, -0.2) is 17.9 Å². The van der Waals surface area contributed by atoms with Gasteiger partial charge < -0.3 is 10.6 Å². The van der Waals surface area contributed by atoms with Crippen molar-refractivity contribution in [3.63, 3.8) is 0 Å². The molecule has 0 saturated heterocycles. The molecule has 1 amide bonds. The standard InChI is InChI=1S/C14H12FN3O3/c1-17(11-4-2-3-10(15)8-11)14(19)9-5-6-12(16)13(7-9)18(20)21/h2-8H,16H2,1H3. The van der Waals surface area contributed by atoms with Crippen molar-refractivity contribution in [1.29, 1.82) is 0 Å². The molecule has 2 aromatic rings. The lowest BCUT2D eigenvalue weighted by Gasteiger charge is -2.17. The lowest BCUT2D eigenvalue weighted by atomic mass is 10.1. The number of nitrogen functional groups attached to an aromatic ring is 1. The quantitative estimate of drug-likeness (QED) is 0.534. The zero-order valence-electron chi connectivity index (χ0n) is 11.1. The third-order valence-corrected chi connectivity index (χ3v) is 2.97. The molecule has 2 aromatic carbocycles. The number of nitro benzene ring substituents is 1. The second-order valence-corrected chi connectivity index (χ2v) is 4.37. The highest BCUT2D eigenvalue weighted by Gasteiger charge is 2.19. The number of hydrogen-bond acceptors (Lipinski definition) is 4. The summed E-state index contributed by atoms with van der Waals surface area (Å²) in [5.74, 6) is -0.973. The first-order valence-corrected chi connectivity index (χ1v) is 5.97. The molecule has 0 unspecified atom stereocenters. The van der Waals surface area contributed by atoms with E-state index in [-0.39, 0.29) is 16.9 Å². The normalized spacial score (nSPS) is 10.2. The summed E-state index contributed by atoms with van der Waals surface area (Å²) in [5, 5.41) is 10.8. The van der Waals surface area contributed by atoms with E-state index in [1.54, 1.807) is 6.07 Å². The van der Waals surface area contributed by atoms with E-state index in [2.05, 4.69) is 0 Å². The number of hydrogen-bond donors (Lipinski definition) is 1.